The number of nitrogens with one attached hydrogen (secondary N) is 1. The summed E-state index contributed by atoms with van der Waals surface area (Å²) in [5.41, 5.74) is 0.733. The number of nitrogens with zero attached hydrogens (tertiary/aromatic N) is 1. The lowest BCUT2D eigenvalue weighted by atomic mass is 10.1. The van der Waals surface area contributed by atoms with Gasteiger partial charge in [-0.1, -0.05) is 6.92 Å². The molecule has 1 aromatic carbocycles. The maximum absolute atomic E-state index is 14.2. The van der Waals surface area contributed by atoms with Crippen LogP contribution in [0.1, 0.15) is 25.3 Å². The van der Waals surface area contributed by atoms with Crippen molar-refractivity contribution in [3.63, 3.8) is 0 Å². The molecule has 0 atom stereocenters. The Labute approximate surface area is 118 Å². The summed E-state index contributed by atoms with van der Waals surface area (Å²) in [6.45, 7) is 4.46. The average molecular weight is 284 g/mol. The third kappa shape index (κ3) is 3.46. The van der Waals surface area contributed by atoms with Crippen LogP contribution in [0.4, 0.5) is 14.5 Å². The molecule has 1 aliphatic heterocycles. The molecule has 20 heavy (non-hydrogen) atoms. The Morgan fingerprint density at radius 3 is 2.35 bits per heavy atom. The van der Waals surface area contributed by atoms with E-state index in [1.165, 1.54) is 12.1 Å². The molecule has 1 aromatic rings. The van der Waals surface area contributed by atoms with Gasteiger partial charge in [0.2, 0.25) is 0 Å². The second-order valence-electron chi connectivity index (χ2n) is 5.11. The summed E-state index contributed by atoms with van der Waals surface area (Å²) in [6.07, 6.45) is 1.80. The highest BCUT2D eigenvalue weighted by Crippen LogP contribution is 2.28. The summed E-state index contributed by atoms with van der Waals surface area (Å²) in [5, 5.41) is 3.07. The van der Waals surface area contributed by atoms with Gasteiger partial charge in [0, 0.05) is 26.7 Å². The third-order valence-electron chi connectivity index (χ3n) is 3.75. The number of hydrogen-bond acceptors (Lipinski definition) is 3. The first-order valence-electron chi connectivity index (χ1n) is 7.12. The largest absolute Gasteiger partial charge is 0.381 e. The smallest absolute Gasteiger partial charge is 0.149 e. The molecule has 2 rings (SSSR count). The molecule has 0 unspecified atom stereocenters. The van der Waals surface area contributed by atoms with Crippen LogP contribution in [0, 0.1) is 11.6 Å². The Morgan fingerprint density at radius 1 is 1.25 bits per heavy atom. The molecule has 0 saturated carbocycles. The zero-order chi connectivity index (χ0) is 14.5. The zero-order valence-electron chi connectivity index (χ0n) is 12.1. The number of ether oxygens (including phenoxy) is 1. The van der Waals surface area contributed by atoms with Crippen molar-refractivity contribution in [1.82, 2.24) is 5.32 Å². The molecule has 1 saturated heterocycles. The second-order valence-corrected chi connectivity index (χ2v) is 5.11. The maximum atomic E-state index is 14.2. The van der Waals surface area contributed by atoms with Crippen molar-refractivity contribution in [3.05, 3.63) is 29.3 Å². The third-order valence-corrected chi connectivity index (χ3v) is 3.75. The number of benzene rings is 1. The van der Waals surface area contributed by atoms with Crippen LogP contribution < -0.4 is 10.2 Å². The number of halogens is 2. The van der Waals surface area contributed by atoms with Crippen molar-refractivity contribution in [1.29, 1.82) is 0 Å². The Morgan fingerprint density at radius 2 is 1.85 bits per heavy atom. The van der Waals surface area contributed by atoms with E-state index in [1.54, 1.807) is 12.0 Å². The Hall–Kier alpha value is -1.20. The summed E-state index contributed by atoms with van der Waals surface area (Å²) in [7, 11) is 1.68. The summed E-state index contributed by atoms with van der Waals surface area (Å²) < 4.78 is 33.6. The maximum Gasteiger partial charge on any atom is 0.149 e. The SMILES string of the molecule is CCNCc1cc(F)c(N2CCC(OC)CC2)c(F)c1. The lowest BCUT2D eigenvalue weighted by Crippen LogP contribution is -2.37. The quantitative estimate of drug-likeness (QED) is 0.899. The molecule has 5 heteroatoms. The van der Waals surface area contributed by atoms with Gasteiger partial charge in [0.1, 0.15) is 17.3 Å². The van der Waals surface area contributed by atoms with Gasteiger partial charge in [-0.3, -0.25) is 0 Å². The Balaban J connectivity index is 2.12. The van der Waals surface area contributed by atoms with E-state index >= 15 is 0 Å². The first kappa shape index (κ1) is 15.2. The molecule has 0 bridgehead atoms. The molecule has 0 radical (unpaired) electrons. The standard InChI is InChI=1S/C15H22F2N2O/c1-3-18-10-11-8-13(16)15(14(17)9-11)19-6-4-12(20-2)5-7-19/h8-9,12,18H,3-7,10H2,1-2H3. The van der Waals surface area contributed by atoms with Crippen LogP contribution in [-0.2, 0) is 11.3 Å². The van der Waals surface area contributed by atoms with Crippen LogP contribution in [0.25, 0.3) is 0 Å². The van der Waals surface area contributed by atoms with E-state index in [0.29, 0.717) is 25.2 Å². The van der Waals surface area contributed by atoms with Crippen LogP contribution in [0.5, 0.6) is 0 Å². The van der Waals surface area contributed by atoms with E-state index in [9.17, 15) is 8.78 Å². The number of anilines is 1. The van der Waals surface area contributed by atoms with E-state index < -0.39 is 11.6 Å². The van der Waals surface area contributed by atoms with Gasteiger partial charge >= 0.3 is 0 Å². The number of piperidine rings is 1. The van der Waals surface area contributed by atoms with Crippen LogP contribution >= 0.6 is 0 Å². The Bertz CT molecular complexity index is 422. The fourth-order valence-corrected chi connectivity index (χ4v) is 2.61. The van der Waals surface area contributed by atoms with Gasteiger partial charge in [-0.05, 0) is 37.1 Å². The fraction of sp³-hybridized carbons (Fsp3) is 0.600. The van der Waals surface area contributed by atoms with E-state index in [-0.39, 0.29) is 11.8 Å². The molecule has 1 fully saturated rings. The van der Waals surface area contributed by atoms with Crippen molar-refractivity contribution in [2.45, 2.75) is 32.4 Å². The Kier molecular flexibility index (Phi) is 5.31. The zero-order valence-corrected chi connectivity index (χ0v) is 12.1. The predicted octanol–water partition coefficient (Wildman–Crippen LogP) is 2.69. The van der Waals surface area contributed by atoms with Crippen molar-refractivity contribution in [3.8, 4) is 0 Å². The highest BCUT2D eigenvalue weighted by atomic mass is 19.1. The monoisotopic (exact) mass is 284 g/mol. The van der Waals surface area contributed by atoms with Crippen molar-refractivity contribution >= 4 is 5.69 Å². The lowest BCUT2D eigenvalue weighted by Gasteiger charge is -2.33. The number of rotatable bonds is 5. The van der Waals surface area contributed by atoms with Gasteiger partial charge in [-0.2, -0.15) is 0 Å². The molecule has 0 amide bonds. The predicted molar refractivity (Wildman–Crippen MR) is 76.0 cm³/mol. The number of methoxy groups -OCH3 is 1. The van der Waals surface area contributed by atoms with Gasteiger partial charge in [0.25, 0.3) is 0 Å². The molecule has 112 valence electrons. The molecular formula is C15H22F2N2O. The molecule has 3 nitrogen and oxygen atoms in total. The molecule has 0 aliphatic carbocycles. The first-order valence-corrected chi connectivity index (χ1v) is 7.12. The summed E-state index contributed by atoms with van der Waals surface area (Å²) >= 11 is 0. The summed E-state index contributed by atoms with van der Waals surface area (Å²) in [4.78, 5) is 1.78. The minimum Gasteiger partial charge on any atom is -0.381 e. The topological polar surface area (TPSA) is 24.5 Å². The van der Waals surface area contributed by atoms with E-state index in [1.807, 2.05) is 6.92 Å². The van der Waals surface area contributed by atoms with E-state index in [2.05, 4.69) is 5.32 Å². The highest BCUT2D eigenvalue weighted by molar-refractivity contribution is 5.51. The normalized spacial score (nSPS) is 16.7. The summed E-state index contributed by atoms with van der Waals surface area (Å²) in [5.74, 6) is -0.956. The minimum atomic E-state index is -0.478. The van der Waals surface area contributed by atoms with Crippen LogP contribution in [0.15, 0.2) is 12.1 Å². The van der Waals surface area contributed by atoms with E-state index in [0.717, 1.165) is 19.4 Å². The van der Waals surface area contributed by atoms with Crippen molar-refractivity contribution < 1.29 is 13.5 Å². The van der Waals surface area contributed by atoms with Crippen LogP contribution in [-0.4, -0.2) is 32.8 Å². The van der Waals surface area contributed by atoms with Crippen molar-refractivity contribution in [2.75, 3.05) is 31.6 Å². The molecular weight excluding hydrogens is 262 g/mol. The first-order chi connectivity index (χ1) is 9.65. The molecule has 1 heterocycles. The fourth-order valence-electron chi connectivity index (χ4n) is 2.61. The highest BCUT2D eigenvalue weighted by Gasteiger charge is 2.24. The van der Waals surface area contributed by atoms with Gasteiger partial charge in [-0.25, -0.2) is 8.78 Å². The van der Waals surface area contributed by atoms with Crippen molar-refractivity contribution in [2.24, 2.45) is 0 Å². The van der Waals surface area contributed by atoms with E-state index in [4.69, 9.17) is 4.74 Å². The van der Waals surface area contributed by atoms with Gasteiger partial charge in [-0.15, -0.1) is 0 Å². The average Bonchev–Trinajstić information content (AvgIpc) is 2.45. The summed E-state index contributed by atoms with van der Waals surface area (Å²) in [6, 6.07) is 2.84. The van der Waals surface area contributed by atoms with Gasteiger partial charge in [0.05, 0.1) is 6.10 Å². The molecule has 0 aromatic heterocycles. The van der Waals surface area contributed by atoms with Gasteiger partial charge in [0.15, 0.2) is 0 Å². The minimum absolute atomic E-state index is 0.0970. The van der Waals surface area contributed by atoms with Crippen LogP contribution in [0.3, 0.4) is 0 Å². The molecule has 1 N–H and O–H groups in total. The lowest BCUT2D eigenvalue weighted by molar-refractivity contribution is 0.0817. The second kappa shape index (κ2) is 6.99. The van der Waals surface area contributed by atoms with Gasteiger partial charge < -0.3 is 15.0 Å². The molecule has 1 aliphatic rings. The van der Waals surface area contributed by atoms with Crippen LogP contribution in [0.2, 0.25) is 0 Å². The molecule has 0 spiro atoms. The number of hydrogen-bond donors (Lipinski definition) is 1.